The highest BCUT2D eigenvalue weighted by atomic mass is 32.2. The Hall–Kier alpha value is -5.36. The van der Waals surface area contributed by atoms with E-state index in [1.807, 2.05) is 39.0 Å². The van der Waals surface area contributed by atoms with Gasteiger partial charge in [-0.1, -0.05) is 52.0 Å². The fourth-order valence-corrected chi connectivity index (χ4v) is 5.52. The van der Waals surface area contributed by atoms with Crippen molar-refractivity contribution in [3.8, 4) is 28.8 Å². The molecule has 1 unspecified atom stereocenters. The van der Waals surface area contributed by atoms with Crippen LogP contribution in [0.25, 0.3) is 22.8 Å². The Morgan fingerprint density at radius 2 is 1.81 bits per heavy atom. The second-order valence-electron chi connectivity index (χ2n) is 11.3. The van der Waals surface area contributed by atoms with Crippen molar-refractivity contribution in [2.75, 3.05) is 20.7 Å². The first kappa shape index (κ1) is 44.8. The van der Waals surface area contributed by atoms with Crippen LogP contribution in [0.4, 0.5) is 18.0 Å². The molecule has 2 aromatic heterocycles. The summed E-state index contributed by atoms with van der Waals surface area (Å²) in [5.41, 5.74) is 6.54. The number of likely N-dealkylation sites (N-methyl/N-ethyl adjacent to an activating group) is 1. The van der Waals surface area contributed by atoms with Crippen LogP contribution in [0.5, 0.6) is 0 Å². The number of hydrogen-bond acceptors (Lipinski definition) is 6. The summed E-state index contributed by atoms with van der Waals surface area (Å²) in [5.74, 6) is 0. The maximum Gasteiger partial charge on any atom is 0.416 e. The normalized spacial score (nSPS) is 13.8. The molecule has 0 spiro atoms. The lowest BCUT2D eigenvalue weighted by atomic mass is 10.1. The molecule has 0 fully saturated rings. The number of nitrogens with two attached hydrogens (primary N) is 1. The number of halogens is 3. The van der Waals surface area contributed by atoms with Gasteiger partial charge in [0.05, 0.1) is 66.5 Å². The van der Waals surface area contributed by atoms with Crippen molar-refractivity contribution >= 4 is 18.1 Å². The van der Waals surface area contributed by atoms with Crippen molar-refractivity contribution in [2.24, 2.45) is 5.73 Å². The summed E-state index contributed by atoms with van der Waals surface area (Å²) in [6.45, 7) is 13.0. The molecule has 5 rings (SSSR count). The quantitative estimate of drug-likeness (QED) is 0.138. The van der Waals surface area contributed by atoms with E-state index in [4.69, 9.17) is 15.2 Å². The molecule has 0 aliphatic carbocycles. The summed E-state index contributed by atoms with van der Waals surface area (Å²) in [4.78, 5) is 28.1. The van der Waals surface area contributed by atoms with Gasteiger partial charge in [-0.15, -0.1) is 0 Å². The highest BCUT2D eigenvalue weighted by Crippen LogP contribution is 2.32. The van der Waals surface area contributed by atoms with Gasteiger partial charge in [0.25, 0.3) is 0 Å². The predicted octanol–water partition coefficient (Wildman–Crippen LogP) is 8.16. The van der Waals surface area contributed by atoms with Crippen molar-refractivity contribution in [1.29, 1.82) is 5.26 Å². The van der Waals surface area contributed by atoms with Gasteiger partial charge in [0, 0.05) is 16.9 Å². The standard InChI is InChI=1S/C22H15F3N6O2.C8H13N.C8H14OS.C2H6/c1-13-19(18-9-10-28-31(18)16-7-5-14(12-26)6-8-16)30(20(27)32)21(33)29(13)17-4-2-3-15(11-17)22(23,24)25;1-3-8-4-6-9(2)7-5-8;1-4-6-7-8(5-2)10-9-3;1-2/h2-11H,1H3,(H2,27,32);4-6H,3,7H2,1-2H3;4,6-7H,5H2,1-3H3;1-2H3/p+1/b;;6-4-,8-7+;. The Labute approximate surface area is 319 Å². The molecule has 10 nitrogen and oxygen atoms in total. The van der Waals surface area contributed by atoms with Crippen LogP contribution in [0.15, 0.2) is 113 Å². The van der Waals surface area contributed by atoms with E-state index in [-0.39, 0.29) is 17.1 Å². The molecule has 54 heavy (non-hydrogen) atoms. The van der Waals surface area contributed by atoms with Gasteiger partial charge >= 0.3 is 17.9 Å². The summed E-state index contributed by atoms with van der Waals surface area (Å²) in [6.07, 6.45) is 11.8. The molecule has 0 saturated heterocycles. The SMILES string of the molecule is C/C=C\C=C(/CC)SOC.CC.CCC1=CC[NH+](C)C=C1.Cc1c(-c2ccnn2-c2ccc(C#N)cc2)n(C(N)=O)c(=O)n1-c1cccc(C(F)(F)F)c1. The van der Waals surface area contributed by atoms with Crippen LogP contribution in [0.3, 0.4) is 0 Å². The Balaban J connectivity index is 0.000000392. The average Bonchev–Trinajstić information content (AvgIpc) is 3.76. The fourth-order valence-electron chi connectivity index (χ4n) is 5.06. The van der Waals surface area contributed by atoms with E-state index in [1.54, 1.807) is 31.4 Å². The van der Waals surface area contributed by atoms with Crippen LogP contribution in [0.2, 0.25) is 0 Å². The number of nitrogens with one attached hydrogen (secondary N) is 1. The molecule has 3 heterocycles. The average molecular weight is 765 g/mol. The number of nitrogens with zero attached hydrogens (tertiary/aromatic N) is 5. The lowest BCUT2D eigenvalue weighted by Crippen LogP contribution is -3.04. The number of primary amides is 1. The molecule has 1 aliphatic heterocycles. The number of benzene rings is 2. The summed E-state index contributed by atoms with van der Waals surface area (Å²) in [7, 11) is 3.85. The van der Waals surface area contributed by atoms with E-state index in [0.29, 0.717) is 21.5 Å². The number of aromatic nitrogens is 4. The van der Waals surface area contributed by atoms with Crippen molar-refractivity contribution in [1.82, 2.24) is 18.9 Å². The van der Waals surface area contributed by atoms with Crippen LogP contribution >= 0.6 is 12.0 Å². The predicted molar refractivity (Wildman–Crippen MR) is 210 cm³/mol. The lowest BCUT2D eigenvalue weighted by molar-refractivity contribution is -0.818. The molecule has 4 aromatic rings. The monoisotopic (exact) mass is 764 g/mol. The van der Waals surface area contributed by atoms with Gasteiger partial charge < -0.3 is 14.8 Å². The first-order valence-electron chi connectivity index (χ1n) is 17.4. The number of quaternary nitrogens is 1. The van der Waals surface area contributed by atoms with Gasteiger partial charge in [-0.3, -0.25) is 4.57 Å². The second-order valence-corrected chi connectivity index (χ2v) is 12.4. The molecule has 1 atom stereocenters. The topological polar surface area (TPSA) is 125 Å². The molecule has 14 heteroatoms. The van der Waals surface area contributed by atoms with Crippen LogP contribution in [-0.2, 0) is 10.4 Å². The van der Waals surface area contributed by atoms with Gasteiger partial charge in [0.15, 0.2) is 0 Å². The molecule has 1 aliphatic rings. The number of nitriles is 1. The van der Waals surface area contributed by atoms with Crippen LogP contribution < -0.4 is 16.3 Å². The van der Waals surface area contributed by atoms with E-state index in [9.17, 15) is 22.8 Å². The van der Waals surface area contributed by atoms with Crippen molar-refractivity contribution in [3.05, 3.63) is 135 Å². The Morgan fingerprint density at radius 3 is 2.33 bits per heavy atom. The van der Waals surface area contributed by atoms with E-state index >= 15 is 0 Å². The zero-order valence-electron chi connectivity index (χ0n) is 31.9. The third-order valence-electron chi connectivity index (χ3n) is 7.75. The molecule has 3 N–H and O–H groups in total. The Bertz CT molecular complexity index is 2050. The molecule has 0 bridgehead atoms. The second kappa shape index (κ2) is 22.0. The largest absolute Gasteiger partial charge is 0.416 e. The van der Waals surface area contributed by atoms with Crippen molar-refractivity contribution in [2.45, 2.75) is 60.6 Å². The van der Waals surface area contributed by atoms with Gasteiger partial charge in [-0.25, -0.2) is 18.8 Å². The van der Waals surface area contributed by atoms with Gasteiger partial charge in [-0.2, -0.15) is 23.5 Å². The maximum absolute atomic E-state index is 13.2. The van der Waals surface area contributed by atoms with E-state index in [1.165, 1.54) is 69.8 Å². The molecular formula is C40H49F3N7O3S+. The fraction of sp³-hybridized carbons (Fsp3) is 0.300. The Kier molecular flexibility index (Phi) is 18.2. The number of carbonyl (C=O) groups is 1. The van der Waals surface area contributed by atoms with Crippen LogP contribution in [0, 0.1) is 18.3 Å². The summed E-state index contributed by atoms with van der Waals surface area (Å²) in [5, 5.41) is 13.2. The third kappa shape index (κ3) is 12.1. The highest BCUT2D eigenvalue weighted by Gasteiger charge is 2.31. The van der Waals surface area contributed by atoms with Gasteiger partial charge in [0.1, 0.15) is 12.2 Å². The number of imidazole rings is 1. The van der Waals surface area contributed by atoms with E-state index in [2.05, 4.69) is 50.4 Å². The highest BCUT2D eigenvalue weighted by molar-refractivity contribution is 7.98. The lowest BCUT2D eigenvalue weighted by Gasteiger charge is -2.11. The third-order valence-corrected chi connectivity index (χ3v) is 8.56. The first-order chi connectivity index (χ1) is 25.8. The van der Waals surface area contributed by atoms with Crippen LogP contribution in [-0.4, -0.2) is 45.6 Å². The zero-order valence-corrected chi connectivity index (χ0v) is 32.8. The number of amides is 1. The molecule has 1 amide bonds. The molecule has 0 saturated carbocycles. The van der Waals surface area contributed by atoms with E-state index in [0.717, 1.165) is 29.7 Å². The molecular weight excluding hydrogens is 716 g/mol. The smallest absolute Gasteiger partial charge is 0.351 e. The minimum atomic E-state index is -4.61. The van der Waals surface area contributed by atoms with E-state index < -0.39 is 23.5 Å². The summed E-state index contributed by atoms with van der Waals surface area (Å²) in [6, 6.07) is 13.0. The first-order valence-corrected chi connectivity index (χ1v) is 18.1. The van der Waals surface area contributed by atoms with Crippen molar-refractivity contribution < 1.29 is 27.0 Å². The number of hydrogen-bond donors (Lipinski definition) is 2. The number of alkyl halides is 3. The molecule has 288 valence electrons. The Morgan fingerprint density at radius 1 is 1.13 bits per heavy atom. The zero-order chi connectivity index (χ0) is 40.4. The summed E-state index contributed by atoms with van der Waals surface area (Å²) < 4.78 is 47.7. The molecule has 0 radical (unpaired) electrons. The molecule has 2 aromatic carbocycles. The minimum absolute atomic E-state index is 0.0713. The minimum Gasteiger partial charge on any atom is -0.351 e. The van der Waals surface area contributed by atoms with Crippen LogP contribution in [0.1, 0.15) is 64.3 Å². The van der Waals surface area contributed by atoms with Gasteiger partial charge in [0.2, 0.25) is 0 Å². The summed E-state index contributed by atoms with van der Waals surface area (Å²) >= 11 is 1.43. The van der Waals surface area contributed by atoms with Gasteiger partial charge in [-0.05, 0) is 92.9 Å². The number of allylic oxidation sites excluding steroid dienone is 6. The van der Waals surface area contributed by atoms with Crippen molar-refractivity contribution in [3.63, 3.8) is 0 Å². The number of carbonyl (C=O) groups excluding carboxylic acids is 1. The maximum atomic E-state index is 13.2. The number of rotatable bonds is 8.